The van der Waals surface area contributed by atoms with E-state index in [1.54, 1.807) is 0 Å². The van der Waals surface area contributed by atoms with Gasteiger partial charge in [-0.25, -0.2) is 0 Å². The van der Waals surface area contributed by atoms with Crippen LogP contribution in [0.2, 0.25) is 0 Å². The van der Waals surface area contributed by atoms with Crippen molar-refractivity contribution >= 4 is 23.1 Å². The maximum Gasteiger partial charge on any atom is 0.251 e. The summed E-state index contributed by atoms with van der Waals surface area (Å²) in [6.07, 6.45) is 1.45. The summed E-state index contributed by atoms with van der Waals surface area (Å²) < 4.78 is 0. The van der Waals surface area contributed by atoms with Gasteiger partial charge in [0.1, 0.15) is 0 Å². The van der Waals surface area contributed by atoms with Crippen LogP contribution in [-0.2, 0) is 0 Å². The van der Waals surface area contributed by atoms with E-state index in [1.807, 2.05) is 24.3 Å². The average molecular weight is 264 g/mol. The molecule has 0 radical (unpaired) electrons. The van der Waals surface area contributed by atoms with Gasteiger partial charge in [0.25, 0.3) is 5.91 Å². The highest BCUT2D eigenvalue weighted by atomic mass is 32.1. The summed E-state index contributed by atoms with van der Waals surface area (Å²) in [5, 5.41) is 2.85. The summed E-state index contributed by atoms with van der Waals surface area (Å²) in [4.78, 5) is 12.3. The largest absolute Gasteiger partial charge is 0.393 e. The Balaban J connectivity index is 2.44. The molecule has 0 atom stereocenters. The molecule has 0 saturated carbocycles. The van der Waals surface area contributed by atoms with E-state index in [2.05, 4.69) is 19.2 Å². The number of thiocarbonyl (C=S) groups is 1. The van der Waals surface area contributed by atoms with Gasteiger partial charge in [0, 0.05) is 12.1 Å². The van der Waals surface area contributed by atoms with Crippen LogP contribution in [0.4, 0.5) is 0 Å². The number of hydrogen-bond donors (Lipinski definition) is 2. The number of benzene rings is 1. The summed E-state index contributed by atoms with van der Waals surface area (Å²) in [6, 6.07) is 7.71. The van der Waals surface area contributed by atoms with E-state index in [0.29, 0.717) is 29.4 Å². The summed E-state index contributed by atoms with van der Waals surface area (Å²) in [5.41, 5.74) is 7.31. The van der Waals surface area contributed by atoms with E-state index < -0.39 is 0 Å². The topological polar surface area (TPSA) is 55.1 Å². The summed E-state index contributed by atoms with van der Waals surface area (Å²) in [5.74, 6) is 0.431. The van der Waals surface area contributed by atoms with E-state index >= 15 is 0 Å². The van der Waals surface area contributed by atoms with Gasteiger partial charge in [-0.15, -0.1) is 0 Å². The third-order valence-corrected chi connectivity index (χ3v) is 2.93. The maximum absolute atomic E-state index is 11.8. The lowest BCUT2D eigenvalue weighted by Crippen LogP contribution is -2.25. The summed E-state index contributed by atoms with van der Waals surface area (Å²) in [6.45, 7) is 4.86. The Morgan fingerprint density at radius 2 is 1.94 bits per heavy atom. The minimum Gasteiger partial charge on any atom is -0.393 e. The number of carbonyl (C=O) groups is 1. The predicted octanol–water partition coefficient (Wildman–Crippen LogP) is 2.61. The third kappa shape index (κ3) is 4.84. The van der Waals surface area contributed by atoms with Crippen LogP contribution in [0.1, 0.15) is 48.5 Å². The first-order valence-electron chi connectivity index (χ1n) is 6.17. The fourth-order valence-electron chi connectivity index (χ4n) is 1.59. The number of carbonyl (C=O) groups excluding carboxylic acids is 1. The molecule has 1 aromatic carbocycles. The van der Waals surface area contributed by atoms with Crippen molar-refractivity contribution in [1.82, 2.24) is 5.32 Å². The Kier molecular flexibility index (Phi) is 5.78. The van der Waals surface area contributed by atoms with E-state index in [1.165, 1.54) is 5.56 Å². The number of nitrogens with two attached hydrogens (primary N) is 1. The number of amides is 1. The molecule has 0 bridgehead atoms. The highest BCUT2D eigenvalue weighted by Gasteiger charge is 2.05. The van der Waals surface area contributed by atoms with Crippen LogP contribution >= 0.6 is 12.2 Å². The van der Waals surface area contributed by atoms with Gasteiger partial charge < -0.3 is 11.1 Å². The van der Waals surface area contributed by atoms with Crippen molar-refractivity contribution in [3.8, 4) is 0 Å². The molecule has 1 aromatic rings. The van der Waals surface area contributed by atoms with Crippen molar-refractivity contribution in [1.29, 1.82) is 0 Å². The smallest absolute Gasteiger partial charge is 0.251 e. The van der Waals surface area contributed by atoms with Gasteiger partial charge in [0.2, 0.25) is 0 Å². The molecule has 0 saturated heterocycles. The Labute approximate surface area is 114 Å². The molecule has 0 heterocycles. The molecular weight excluding hydrogens is 244 g/mol. The Morgan fingerprint density at radius 3 is 2.44 bits per heavy atom. The normalized spacial score (nSPS) is 10.4. The van der Waals surface area contributed by atoms with Crippen molar-refractivity contribution in [3.05, 3.63) is 35.4 Å². The van der Waals surface area contributed by atoms with E-state index in [0.717, 1.165) is 6.42 Å². The van der Waals surface area contributed by atoms with Gasteiger partial charge >= 0.3 is 0 Å². The number of rotatable bonds is 6. The highest BCUT2D eigenvalue weighted by Crippen LogP contribution is 2.14. The molecule has 0 aliphatic rings. The first kappa shape index (κ1) is 14.6. The SMILES string of the molecule is CC(C)c1ccc(C(=O)NCCCC(N)=S)cc1. The lowest BCUT2D eigenvalue weighted by Gasteiger charge is -2.07. The van der Waals surface area contributed by atoms with Gasteiger partial charge in [0.15, 0.2) is 0 Å². The first-order valence-corrected chi connectivity index (χ1v) is 6.58. The second kappa shape index (κ2) is 7.11. The standard InChI is InChI=1S/C14H20N2OS/c1-10(2)11-5-7-12(8-6-11)14(17)16-9-3-4-13(15)18/h5-8,10H,3-4,9H2,1-2H3,(H2,15,18)(H,16,17). The summed E-state index contributed by atoms with van der Waals surface area (Å²) >= 11 is 4.77. The first-order chi connectivity index (χ1) is 8.50. The number of nitrogens with one attached hydrogen (secondary N) is 1. The second-order valence-electron chi connectivity index (χ2n) is 4.60. The molecule has 18 heavy (non-hydrogen) atoms. The van der Waals surface area contributed by atoms with Gasteiger partial charge in [-0.1, -0.05) is 38.2 Å². The molecule has 1 rings (SSSR count). The molecule has 1 amide bonds. The Morgan fingerprint density at radius 1 is 1.33 bits per heavy atom. The predicted molar refractivity (Wildman–Crippen MR) is 78.9 cm³/mol. The molecule has 3 N–H and O–H groups in total. The van der Waals surface area contributed by atoms with Gasteiger partial charge in [-0.2, -0.15) is 0 Å². The van der Waals surface area contributed by atoms with Crippen LogP contribution in [0.5, 0.6) is 0 Å². The fourth-order valence-corrected chi connectivity index (χ4v) is 1.73. The van der Waals surface area contributed by atoms with Crippen molar-refractivity contribution in [3.63, 3.8) is 0 Å². The Hall–Kier alpha value is -1.42. The van der Waals surface area contributed by atoms with Gasteiger partial charge in [0.05, 0.1) is 4.99 Å². The van der Waals surface area contributed by atoms with Crippen molar-refractivity contribution in [2.75, 3.05) is 6.54 Å². The quantitative estimate of drug-likeness (QED) is 0.613. The monoisotopic (exact) mass is 264 g/mol. The van der Waals surface area contributed by atoms with Crippen molar-refractivity contribution < 1.29 is 4.79 Å². The molecule has 0 aliphatic carbocycles. The van der Waals surface area contributed by atoms with Crippen LogP contribution in [0.3, 0.4) is 0 Å². The van der Waals surface area contributed by atoms with E-state index in [9.17, 15) is 4.79 Å². The molecular formula is C14H20N2OS. The Bertz CT molecular complexity index is 412. The number of hydrogen-bond acceptors (Lipinski definition) is 2. The molecule has 0 aliphatic heterocycles. The van der Waals surface area contributed by atoms with Crippen molar-refractivity contribution in [2.24, 2.45) is 5.73 Å². The zero-order valence-electron chi connectivity index (χ0n) is 10.9. The van der Waals surface area contributed by atoms with Crippen LogP contribution in [0.15, 0.2) is 24.3 Å². The minimum atomic E-state index is -0.0479. The van der Waals surface area contributed by atoms with Crippen LogP contribution in [0.25, 0.3) is 0 Å². The molecule has 3 nitrogen and oxygen atoms in total. The van der Waals surface area contributed by atoms with Gasteiger partial charge in [-0.3, -0.25) is 4.79 Å². The zero-order chi connectivity index (χ0) is 13.5. The van der Waals surface area contributed by atoms with E-state index in [4.69, 9.17) is 18.0 Å². The molecule has 4 heteroatoms. The third-order valence-electron chi connectivity index (χ3n) is 2.73. The van der Waals surface area contributed by atoms with Crippen LogP contribution < -0.4 is 11.1 Å². The minimum absolute atomic E-state index is 0.0479. The molecule has 0 spiro atoms. The van der Waals surface area contributed by atoms with Crippen LogP contribution in [-0.4, -0.2) is 17.4 Å². The lowest BCUT2D eigenvalue weighted by molar-refractivity contribution is 0.0953. The summed E-state index contributed by atoms with van der Waals surface area (Å²) in [7, 11) is 0. The van der Waals surface area contributed by atoms with Crippen molar-refractivity contribution in [2.45, 2.75) is 32.6 Å². The average Bonchev–Trinajstić information content (AvgIpc) is 2.34. The van der Waals surface area contributed by atoms with Crippen LogP contribution in [0, 0.1) is 0 Å². The van der Waals surface area contributed by atoms with Gasteiger partial charge in [-0.05, 0) is 36.5 Å². The molecule has 0 fully saturated rings. The molecule has 0 unspecified atom stereocenters. The fraction of sp³-hybridized carbons (Fsp3) is 0.429. The highest BCUT2D eigenvalue weighted by molar-refractivity contribution is 7.80. The maximum atomic E-state index is 11.8. The second-order valence-corrected chi connectivity index (χ2v) is 5.13. The van der Waals surface area contributed by atoms with E-state index in [-0.39, 0.29) is 5.91 Å². The lowest BCUT2D eigenvalue weighted by atomic mass is 10.0. The molecule has 98 valence electrons. The zero-order valence-corrected chi connectivity index (χ0v) is 11.7. The molecule has 0 aromatic heterocycles.